The van der Waals surface area contributed by atoms with Crippen LogP contribution >= 0.6 is 15.9 Å². The second-order valence-electron chi connectivity index (χ2n) is 3.03. The predicted octanol–water partition coefficient (Wildman–Crippen LogP) is 2.10. The highest BCUT2D eigenvalue weighted by Gasteiger charge is 2.19. The summed E-state index contributed by atoms with van der Waals surface area (Å²) < 4.78 is 27.0. The van der Waals surface area contributed by atoms with Gasteiger partial charge >= 0.3 is 0 Å². The van der Waals surface area contributed by atoms with Gasteiger partial charge in [0.25, 0.3) is 5.91 Å². The van der Waals surface area contributed by atoms with Crippen LogP contribution < -0.4 is 5.32 Å². The molecule has 0 saturated carbocycles. The van der Waals surface area contributed by atoms with Crippen LogP contribution in [-0.4, -0.2) is 21.1 Å². The van der Waals surface area contributed by atoms with Crippen molar-refractivity contribution in [2.24, 2.45) is 0 Å². The lowest BCUT2D eigenvalue weighted by molar-refractivity contribution is 0.101. The van der Waals surface area contributed by atoms with E-state index in [2.05, 4.69) is 36.4 Å². The Morgan fingerprint density at radius 3 is 2.53 bits per heavy atom. The molecule has 0 bridgehead atoms. The highest BCUT2D eigenvalue weighted by molar-refractivity contribution is 9.10. The molecule has 0 saturated heterocycles. The molecule has 0 unspecified atom stereocenters. The smallest absolute Gasteiger partial charge is 0.263 e. The van der Waals surface area contributed by atoms with E-state index in [4.69, 9.17) is 0 Å². The summed E-state index contributed by atoms with van der Waals surface area (Å²) in [4.78, 5) is 15.2. The van der Waals surface area contributed by atoms with Gasteiger partial charge in [0.2, 0.25) is 5.95 Å². The fraction of sp³-hybridized carbons (Fsp3) is 0. The number of anilines is 1. The quantitative estimate of drug-likeness (QED) is 0.892. The molecule has 88 valence electrons. The van der Waals surface area contributed by atoms with Crippen LogP contribution in [-0.2, 0) is 0 Å². The fourth-order valence-electron chi connectivity index (χ4n) is 1.19. The molecule has 0 aliphatic rings. The Hall–Kier alpha value is -1.83. The Kier molecular flexibility index (Phi) is 3.14. The Morgan fingerprint density at radius 2 is 2.00 bits per heavy atom. The van der Waals surface area contributed by atoms with E-state index >= 15 is 0 Å². The van der Waals surface area contributed by atoms with Gasteiger partial charge in [-0.15, -0.1) is 0 Å². The number of nitrogens with zero attached hydrogens (tertiary/aromatic N) is 2. The SMILES string of the molecule is O=C(Nc1ncn[nH]1)c1c(F)cc(Br)cc1F. The molecule has 8 heteroatoms. The first-order chi connectivity index (χ1) is 8.08. The normalized spacial score (nSPS) is 10.3. The summed E-state index contributed by atoms with van der Waals surface area (Å²) in [5.41, 5.74) is -0.676. The number of halogens is 3. The third-order valence-electron chi connectivity index (χ3n) is 1.88. The third-order valence-corrected chi connectivity index (χ3v) is 2.34. The highest BCUT2D eigenvalue weighted by atomic mass is 79.9. The zero-order valence-corrected chi connectivity index (χ0v) is 9.75. The van der Waals surface area contributed by atoms with Gasteiger partial charge in [0.15, 0.2) is 0 Å². The van der Waals surface area contributed by atoms with Crippen LogP contribution in [0.5, 0.6) is 0 Å². The minimum Gasteiger partial charge on any atom is -0.291 e. The highest BCUT2D eigenvalue weighted by Crippen LogP contribution is 2.20. The average Bonchev–Trinajstić information content (AvgIpc) is 2.68. The van der Waals surface area contributed by atoms with Crippen molar-refractivity contribution >= 4 is 27.8 Å². The maximum atomic E-state index is 13.4. The number of hydrogen-bond donors (Lipinski definition) is 2. The topological polar surface area (TPSA) is 70.7 Å². The monoisotopic (exact) mass is 302 g/mol. The van der Waals surface area contributed by atoms with E-state index in [1.54, 1.807) is 0 Å². The van der Waals surface area contributed by atoms with Crippen molar-refractivity contribution in [3.05, 3.63) is 40.1 Å². The van der Waals surface area contributed by atoms with Gasteiger partial charge in [-0.2, -0.15) is 10.1 Å². The van der Waals surface area contributed by atoms with E-state index in [-0.39, 0.29) is 10.4 Å². The van der Waals surface area contributed by atoms with E-state index in [0.717, 1.165) is 18.5 Å². The maximum absolute atomic E-state index is 13.4. The van der Waals surface area contributed by atoms with Gasteiger partial charge in [-0.25, -0.2) is 13.9 Å². The molecule has 2 aromatic rings. The number of nitrogens with one attached hydrogen (secondary N) is 2. The number of amides is 1. The number of carbonyl (C=O) groups excluding carboxylic acids is 1. The molecule has 2 rings (SSSR count). The van der Waals surface area contributed by atoms with Gasteiger partial charge in [0, 0.05) is 4.47 Å². The Labute approximate surface area is 102 Å². The number of benzene rings is 1. The maximum Gasteiger partial charge on any atom is 0.263 e. The van der Waals surface area contributed by atoms with Crippen molar-refractivity contribution in [1.82, 2.24) is 15.2 Å². The number of rotatable bonds is 2. The Balaban J connectivity index is 2.31. The summed E-state index contributed by atoms with van der Waals surface area (Å²) in [5, 5.41) is 8.00. The first-order valence-electron chi connectivity index (χ1n) is 4.39. The largest absolute Gasteiger partial charge is 0.291 e. The van der Waals surface area contributed by atoms with E-state index in [1.165, 1.54) is 0 Å². The third kappa shape index (κ3) is 2.47. The second kappa shape index (κ2) is 4.58. The van der Waals surface area contributed by atoms with Crippen LogP contribution in [0.4, 0.5) is 14.7 Å². The van der Waals surface area contributed by atoms with Crippen molar-refractivity contribution in [2.75, 3.05) is 5.32 Å². The summed E-state index contributed by atoms with van der Waals surface area (Å²) in [6.45, 7) is 0. The first kappa shape index (κ1) is 11.6. The van der Waals surface area contributed by atoms with E-state index < -0.39 is 23.1 Å². The van der Waals surface area contributed by atoms with Crippen LogP contribution in [0.2, 0.25) is 0 Å². The van der Waals surface area contributed by atoms with Crippen LogP contribution in [0.25, 0.3) is 0 Å². The molecule has 1 heterocycles. The molecule has 1 aromatic heterocycles. The van der Waals surface area contributed by atoms with Crippen LogP contribution in [0, 0.1) is 11.6 Å². The molecule has 0 radical (unpaired) electrons. The van der Waals surface area contributed by atoms with Crippen LogP contribution in [0.15, 0.2) is 22.9 Å². The molecule has 1 amide bonds. The van der Waals surface area contributed by atoms with Gasteiger partial charge in [-0.05, 0) is 12.1 Å². The second-order valence-corrected chi connectivity index (χ2v) is 3.95. The van der Waals surface area contributed by atoms with Gasteiger partial charge in [0.1, 0.15) is 23.5 Å². The lowest BCUT2D eigenvalue weighted by atomic mass is 10.2. The van der Waals surface area contributed by atoms with Crippen molar-refractivity contribution < 1.29 is 13.6 Å². The van der Waals surface area contributed by atoms with E-state index in [0.29, 0.717) is 0 Å². The van der Waals surface area contributed by atoms with Gasteiger partial charge < -0.3 is 0 Å². The fourth-order valence-corrected chi connectivity index (χ4v) is 1.60. The Morgan fingerprint density at radius 1 is 1.35 bits per heavy atom. The Bertz CT molecular complexity index is 535. The first-order valence-corrected chi connectivity index (χ1v) is 5.18. The van der Waals surface area contributed by atoms with E-state index in [1.807, 2.05) is 0 Å². The summed E-state index contributed by atoms with van der Waals surface area (Å²) >= 11 is 2.92. The lowest BCUT2D eigenvalue weighted by Crippen LogP contribution is -2.16. The number of aromatic amines is 1. The molecule has 0 fully saturated rings. The molecule has 5 nitrogen and oxygen atoms in total. The molecular weight excluding hydrogens is 298 g/mol. The minimum atomic E-state index is -0.964. The number of H-pyrrole nitrogens is 1. The van der Waals surface area contributed by atoms with Crippen molar-refractivity contribution in [2.45, 2.75) is 0 Å². The average molecular weight is 303 g/mol. The molecule has 1 aromatic carbocycles. The lowest BCUT2D eigenvalue weighted by Gasteiger charge is -2.04. The molecule has 0 aliphatic carbocycles. The number of carbonyl (C=O) groups is 1. The standard InChI is InChI=1S/C9H5BrF2N4O/c10-4-1-5(11)7(6(12)2-4)8(17)15-9-13-3-14-16-9/h1-3H,(H2,13,14,15,16,17). The molecule has 0 aliphatic heterocycles. The van der Waals surface area contributed by atoms with Crippen molar-refractivity contribution in [3.63, 3.8) is 0 Å². The van der Waals surface area contributed by atoms with Crippen molar-refractivity contribution in [1.29, 1.82) is 0 Å². The minimum absolute atomic E-state index is 0.0109. The van der Waals surface area contributed by atoms with Gasteiger partial charge in [-0.3, -0.25) is 10.1 Å². The molecule has 0 spiro atoms. The van der Waals surface area contributed by atoms with Gasteiger partial charge in [-0.1, -0.05) is 15.9 Å². The number of aromatic nitrogens is 3. The van der Waals surface area contributed by atoms with Crippen molar-refractivity contribution in [3.8, 4) is 0 Å². The van der Waals surface area contributed by atoms with E-state index in [9.17, 15) is 13.6 Å². The zero-order valence-electron chi connectivity index (χ0n) is 8.17. The predicted molar refractivity (Wildman–Crippen MR) is 58.4 cm³/mol. The molecule has 0 atom stereocenters. The molecule has 17 heavy (non-hydrogen) atoms. The zero-order chi connectivity index (χ0) is 12.4. The number of hydrogen-bond acceptors (Lipinski definition) is 3. The van der Waals surface area contributed by atoms with Crippen LogP contribution in [0.1, 0.15) is 10.4 Å². The molecule has 2 N–H and O–H groups in total. The summed E-state index contributed by atoms with van der Waals surface area (Å²) in [6.07, 6.45) is 1.16. The summed E-state index contributed by atoms with van der Waals surface area (Å²) in [5.74, 6) is -2.86. The van der Waals surface area contributed by atoms with Crippen LogP contribution in [0.3, 0.4) is 0 Å². The summed E-state index contributed by atoms with van der Waals surface area (Å²) in [7, 11) is 0. The summed E-state index contributed by atoms with van der Waals surface area (Å²) in [6, 6.07) is 2.00. The molecular formula is C9H5BrF2N4O. The van der Waals surface area contributed by atoms with Gasteiger partial charge in [0.05, 0.1) is 0 Å².